The first-order valence-corrected chi connectivity index (χ1v) is 7.41. The molecule has 1 N–H and O–H groups in total. The molecule has 0 saturated carbocycles. The van der Waals surface area contributed by atoms with Crippen molar-refractivity contribution in [1.29, 1.82) is 0 Å². The molecule has 1 aromatic heterocycles. The summed E-state index contributed by atoms with van der Waals surface area (Å²) in [6.45, 7) is 14.3. The van der Waals surface area contributed by atoms with Gasteiger partial charge < -0.3 is 19.8 Å². The minimum atomic E-state index is -0.488. The normalized spacial score (nSPS) is 17.9. The highest BCUT2D eigenvalue weighted by molar-refractivity contribution is 5.68. The van der Waals surface area contributed by atoms with Crippen molar-refractivity contribution in [2.75, 3.05) is 18.0 Å². The van der Waals surface area contributed by atoms with Gasteiger partial charge in [-0.2, -0.15) is 0 Å². The fraction of sp³-hybridized carbons (Fsp3) is 0.562. The summed E-state index contributed by atoms with van der Waals surface area (Å²) in [6.07, 6.45) is 0.475. The smallest absolute Gasteiger partial charge is 0.407 e. The van der Waals surface area contributed by atoms with Gasteiger partial charge >= 0.3 is 6.09 Å². The fourth-order valence-corrected chi connectivity index (χ4v) is 2.37. The number of carbonyl (C=O) groups is 1. The lowest BCUT2D eigenvalue weighted by atomic mass is 10.2. The Hall–Kier alpha value is -2.29. The summed E-state index contributed by atoms with van der Waals surface area (Å²) in [7, 11) is 0. The van der Waals surface area contributed by atoms with Gasteiger partial charge in [-0.05, 0) is 39.3 Å². The van der Waals surface area contributed by atoms with Crippen molar-refractivity contribution >= 4 is 11.9 Å². The van der Waals surface area contributed by atoms with E-state index < -0.39 is 5.60 Å². The van der Waals surface area contributed by atoms with Gasteiger partial charge in [0.25, 0.3) is 6.54 Å². The molecule has 0 spiro atoms. The van der Waals surface area contributed by atoms with Gasteiger partial charge in [-0.1, -0.05) is 6.07 Å². The van der Waals surface area contributed by atoms with E-state index in [9.17, 15) is 4.79 Å². The average Bonchev–Trinajstić information content (AvgIpc) is 2.85. The lowest BCUT2D eigenvalue weighted by molar-refractivity contribution is 0.0509. The van der Waals surface area contributed by atoms with Gasteiger partial charge in [0.1, 0.15) is 17.1 Å². The lowest BCUT2D eigenvalue weighted by Gasteiger charge is -2.22. The van der Waals surface area contributed by atoms with E-state index in [0.29, 0.717) is 13.1 Å². The fourth-order valence-electron chi connectivity index (χ4n) is 2.37. The van der Waals surface area contributed by atoms with Crippen LogP contribution in [0.15, 0.2) is 18.2 Å². The molecule has 118 valence electrons. The predicted octanol–water partition coefficient (Wildman–Crippen LogP) is 2.60. The molecule has 0 aliphatic carbocycles. The topological polar surface area (TPSA) is 58.8 Å². The first kappa shape index (κ1) is 16.1. The molecule has 1 fully saturated rings. The molecule has 0 radical (unpaired) electrons. The molecule has 1 aromatic rings. The second-order valence-electron chi connectivity index (χ2n) is 6.38. The maximum Gasteiger partial charge on any atom is 0.407 e. The Morgan fingerprint density at radius 3 is 3.00 bits per heavy atom. The highest BCUT2D eigenvalue weighted by Crippen LogP contribution is 2.19. The quantitative estimate of drug-likeness (QED) is 0.872. The standard InChI is InChI=1S/C16H22N4O2/c1-16(2,3)22-15(21)19-13-8-9-20(11-13)14-7-5-6-12(18-14)10-17-4/h5-7,13H,8-11H2,1-3H3,(H,19,21). The molecule has 1 aliphatic rings. The van der Waals surface area contributed by atoms with Gasteiger partial charge in [0, 0.05) is 13.1 Å². The zero-order valence-electron chi connectivity index (χ0n) is 13.3. The van der Waals surface area contributed by atoms with E-state index in [4.69, 9.17) is 11.3 Å². The van der Waals surface area contributed by atoms with Crippen LogP contribution >= 0.6 is 0 Å². The van der Waals surface area contributed by atoms with Gasteiger partial charge in [0.05, 0.1) is 6.04 Å². The van der Waals surface area contributed by atoms with Crippen molar-refractivity contribution in [1.82, 2.24) is 10.3 Å². The number of aromatic nitrogens is 1. The van der Waals surface area contributed by atoms with Crippen LogP contribution in [-0.4, -0.2) is 35.8 Å². The number of pyridine rings is 1. The molecule has 22 heavy (non-hydrogen) atoms. The lowest BCUT2D eigenvalue weighted by Crippen LogP contribution is -2.40. The average molecular weight is 302 g/mol. The summed E-state index contributed by atoms with van der Waals surface area (Å²) in [5.41, 5.74) is 0.286. The van der Waals surface area contributed by atoms with E-state index in [2.05, 4.69) is 20.0 Å². The van der Waals surface area contributed by atoms with Crippen molar-refractivity contribution in [2.24, 2.45) is 0 Å². The number of carbonyl (C=O) groups excluding carboxylic acids is 1. The van der Waals surface area contributed by atoms with Gasteiger partial charge in [-0.25, -0.2) is 16.4 Å². The van der Waals surface area contributed by atoms with E-state index in [1.807, 2.05) is 39.0 Å². The second-order valence-corrected chi connectivity index (χ2v) is 6.38. The van der Waals surface area contributed by atoms with Crippen LogP contribution in [0.3, 0.4) is 0 Å². The van der Waals surface area contributed by atoms with Crippen molar-refractivity contribution in [3.8, 4) is 0 Å². The number of hydrogen-bond donors (Lipinski definition) is 1. The summed E-state index contributed by atoms with van der Waals surface area (Å²) in [5, 5.41) is 2.90. The molecule has 2 heterocycles. The molecule has 1 atom stereocenters. The first-order chi connectivity index (χ1) is 10.4. The van der Waals surface area contributed by atoms with Crippen molar-refractivity contribution < 1.29 is 9.53 Å². The van der Waals surface area contributed by atoms with Crippen LogP contribution in [0.4, 0.5) is 10.6 Å². The van der Waals surface area contributed by atoms with Gasteiger partial charge in [-0.3, -0.25) is 0 Å². The van der Waals surface area contributed by atoms with Crippen LogP contribution < -0.4 is 10.2 Å². The molecule has 0 bridgehead atoms. The van der Waals surface area contributed by atoms with Crippen LogP contribution in [-0.2, 0) is 11.3 Å². The first-order valence-electron chi connectivity index (χ1n) is 7.41. The summed E-state index contributed by atoms with van der Waals surface area (Å²) in [6, 6.07) is 5.76. The number of ether oxygens (including phenoxy) is 1. The summed E-state index contributed by atoms with van der Waals surface area (Å²) < 4.78 is 5.27. The Morgan fingerprint density at radius 2 is 2.32 bits per heavy atom. The van der Waals surface area contributed by atoms with Gasteiger partial charge in [0.2, 0.25) is 0 Å². The number of alkyl carbamates (subject to hydrolysis) is 1. The Kier molecular flexibility index (Phi) is 4.86. The molecule has 1 amide bonds. The third kappa shape index (κ3) is 4.62. The maximum absolute atomic E-state index is 11.8. The minimum Gasteiger partial charge on any atom is -0.444 e. The van der Waals surface area contributed by atoms with Gasteiger partial charge in [-0.15, -0.1) is 0 Å². The van der Waals surface area contributed by atoms with E-state index in [1.54, 1.807) is 0 Å². The van der Waals surface area contributed by atoms with Crippen LogP contribution in [0.25, 0.3) is 4.85 Å². The zero-order chi connectivity index (χ0) is 16.2. The molecule has 1 unspecified atom stereocenters. The van der Waals surface area contributed by atoms with Crippen molar-refractivity contribution in [2.45, 2.75) is 45.4 Å². The van der Waals surface area contributed by atoms with Crippen LogP contribution in [0.2, 0.25) is 0 Å². The SMILES string of the molecule is [C-]#[N+]Cc1cccc(N2CCC(NC(=O)OC(C)(C)C)C2)n1. The Morgan fingerprint density at radius 1 is 1.55 bits per heavy atom. The van der Waals surface area contributed by atoms with Gasteiger partial charge in [0.15, 0.2) is 0 Å². The van der Waals surface area contributed by atoms with E-state index in [0.717, 1.165) is 24.5 Å². The Bertz CT molecular complexity index is 574. The van der Waals surface area contributed by atoms with Crippen molar-refractivity contribution in [3.63, 3.8) is 0 Å². The highest BCUT2D eigenvalue weighted by atomic mass is 16.6. The number of nitrogens with zero attached hydrogens (tertiary/aromatic N) is 3. The number of nitrogens with one attached hydrogen (secondary N) is 1. The minimum absolute atomic E-state index is 0.0566. The summed E-state index contributed by atoms with van der Waals surface area (Å²) in [5.74, 6) is 0.856. The molecule has 2 rings (SSSR count). The highest BCUT2D eigenvalue weighted by Gasteiger charge is 2.26. The summed E-state index contributed by atoms with van der Waals surface area (Å²) in [4.78, 5) is 21.8. The molecule has 1 saturated heterocycles. The molecule has 1 aliphatic heterocycles. The molecule has 6 heteroatoms. The van der Waals surface area contributed by atoms with Crippen LogP contribution in [0.1, 0.15) is 32.9 Å². The third-order valence-electron chi connectivity index (χ3n) is 3.27. The molecule has 0 aromatic carbocycles. The maximum atomic E-state index is 11.8. The largest absolute Gasteiger partial charge is 0.444 e. The molecular formula is C16H22N4O2. The van der Waals surface area contributed by atoms with Crippen LogP contribution in [0.5, 0.6) is 0 Å². The monoisotopic (exact) mass is 302 g/mol. The van der Waals surface area contributed by atoms with Crippen molar-refractivity contribution in [3.05, 3.63) is 35.3 Å². The third-order valence-corrected chi connectivity index (χ3v) is 3.27. The number of rotatable bonds is 3. The number of amides is 1. The predicted molar refractivity (Wildman–Crippen MR) is 84.5 cm³/mol. The Balaban J connectivity index is 1.91. The zero-order valence-corrected chi connectivity index (χ0v) is 13.3. The number of anilines is 1. The van der Waals surface area contributed by atoms with Crippen LogP contribution in [0, 0.1) is 6.57 Å². The molecule has 6 nitrogen and oxygen atoms in total. The number of hydrogen-bond acceptors (Lipinski definition) is 4. The molecular weight excluding hydrogens is 280 g/mol. The Labute approximate surface area is 131 Å². The second kappa shape index (κ2) is 6.65. The van der Waals surface area contributed by atoms with E-state index in [1.165, 1.54) is 0 Å². The summed E-state index contributed by atoms with van der Waals surface area (Å²) >= 11 is 0. The van der Waals surface area contributed by atoms with E-state index >= 15 is 0 Å². The van der Waals surface area contributed by atoms with E-state index in [-0.39, 0.29) is 12.1 Å².